The van der Waals surface area contributed by atoms with Crippen LogP contribution in [0.2, 0.25) is 0 Å². The third kappa shape index (κ3) is 1.80. The SMILES string of the molecule is Cc1[nH]c(-c2nnc(C3CC3(C)C)o2)c(C)c1C=O. The molecule has 1 aliphatic carbocycles. The van der Waals surface area contributed by atoms with Gasteiger partial charge in [0.05, 0.1) is 0 Å². The molecule has 0 aliphatic heterocycles. The normalized spacial score (nSPS) is 20.5. The standard InChI is InChI=1S/C14H17N3O2/c1-7-9(6-18)8(2)15-11(7)13-17-16-12(19-13)10-5-14(10,3)4/h6,10,15H,5H2,1-4H3. The minimum absolute atomic E-state index is 0.262. The van der Waals surface area contributed by atoms with Crippen molar-refractivity contribution in [2.45, 2.75) is 40.0 Å². The van der Waals surface area contributed by atoms with Gasteiger partial charge in [0.2, 0.25) is 5.89 Å². The zero-order chi connectivity index (χ0) is 13.8. The number of nitrogens with one attached hydrogen (secondary N) is 1. The molecule has 100 valence electrons. The number of aromatic amines is 1. The van der Waals surface area contributed by atoms with Gasteiger partial charge in [-0.15, -0.1) is 10.2 Å². The van der Waals surface area contributed by atoms with E-state index in [1.165, 1.54) is 0 Å². The van der Waals surface area contributed by atoms with E-state index in [-0.39, 0.29) is 5.41 Å². The molecule has 1 aliphatic rings. The van der Waals surface area contributed by atoms with E-state index in [0.29, 0.717) is 23.3 Å². The molecule has 2 aromatic rings. The van der Waals surface area contributed by atoms with Gasteiger partial charge in [-0.3, -0.25) is 4.79 Å². The Kier molecular flexibility index (Phi) is 2.42. The van der Waals surface area contributed by atoms with Crippen LogP contribution in [0.25, 0.3) is 11.6 Å². The summed E-state index contributed by atoms with van der Waals surface area (Å²) in [5.74, 6) is 1.52. The van der Waals surface area contributed by atoms with Crippen molar-refractivity contribution in [1.82, 2.24) is 15.2 Å². The first-order chi connectivity index (χ1) is 8.94. The summed E-state index contributed by atoms with van der Waals surface area (Å²) in [5, 5.41) is 8.23. The second-order valence-corrected chi connectivity index (χ2v) is 5.97. The quantitative estimate of drug-likeness (QED) is 0.860. The van der Waals surface area contributed by atoms with Gasteiger partial charge >= 0.3 is 0 Å². The highest BCUT2D eigenvalue weighted by molar-refractivity contribution is 5.82. The molecule has 1 fully saturated rings. The molecule has 1 unspecified atom stereocenters. The zero-order valence-electron chi connectivity index (χ0n) is 11.6. The highest BCUT2D eigenvalue weighted by atomic mass is 16.4. The van der Waals surface area contributed by atoms with Gasteiger partial charge in [-0.2, -0.15) is 0 Å². The van der Waals surface area contributed by atoms with E-state index in [1.807, 2.05) is 13.8 Å². The van der Waals surface area contributed by atoms with Crippen molar-refractivity contribution in [2.24, 2.45) is 5.41 Å². The summed E-state index contributed by atoms with van der Waals surface area (Å²) in [5.41, 5.74) is 3.36. The van der Waals surface area contributed by atoms with Crippen molar-refractivity contribution in [2.75, 3.05) is 0 Å². The topological polar surface area (TPSA) is 71.8 Å². The molecule has 0 aromatic carbocycles. The number of nitrogens with zero attached hydrogens (tertiary/aromatic N) is 2. The van der Waals surface area contributed by atoms with E-state index in [2.05, 4.69) is 29.0 Å². The Morgan fingerprint density at radius 1 is 1.37 bits per heavy atom. The fourth-order valence-electron chi connectivity index (χ4n) is 2.52. The summed E-state index contributed by atoms with van der Waals surface area (Å²) in [6, 6.07) is 0. The highest BCUT2D eigenvalue weighted by Gasteiger charge is 2.50. The molecule has 5 nitrogen and oxygen atoms in total. The van der Waals surface area contributed by atoms with E-state index in [4.69, 9.17) is 4.42 Å². The summed E-state index contributed by atoms with van der Waals surface area (Å²) in [7, 11) is 0. The lowest BCUT2D eigenvalue weighted by Gasteiger charge is -1.97. The molecular formula is C14H17N3O2. The second-order valence-electron chi connectivity index (χ2n) is 5.97. The molecule has 2 heterocycles. The molecule has 1 atom stereocenters. The number of rotatable bonds is 3. The molecule has 2 aromatic heterocycles. The second kappa shape index (κ2) is 3.79. The van der Waals surface area contributed by atoms with Crippen LogP contribution in [-0.2, 0) is 0 Å². The molecule has 0 bridgehead atoms. The Balaban J connectivity index is 1.98. The number of aldehydes is 1. The maximum absolute atomic E-state index is 11.0. The van der Waals surface area contributed by atoms with Gasteiger partial charge in [0.15, 0.2) is 6.29 Å². The summed E-state index contributed by atoms with van der Waals surface area (Å²) in [6.45, 7) is 8.13. The van der Waals surface area contributed by atoms with E-state index in [1.54, 1.807) is 0 Å². The third-order valence-corrected chi connectivity index (χ3v) is 4.08. The molecule has 3 rings (SSSR count). The van der Waals surface area contributed by atoms with Gasteiger partial charge in [0.25, 0.3) is 5.89 Å². The van der Waals surface area contributed by atoms with E-state index >= 15 is 0 Å². The van der Waals surface area contributed by atoms with E-state index < -0.39 is 0 Å². The number of aryl methyl sites for hydroxylation is 1. The first-order valence-corrected chi connectivity index (χ1v) is 6.42. The lowest BCUT2D eigenvalue weighted by molar-refractivity contribution is 0.112. The first kappa shape index (κ1) is 12.1. The van der Waals surface area contributed by atoms with Crippen molar-refractivity contribution in [3.05, 3.63) is 22.7 Å². The molecule has 1 N–H and O–H groups in total. The van der Waals surface area contributed by atoms with Crippen molar-refractivity contribution in [1.29, 1.82) is 0 Å². The van der Waals surface area contributed by atoms with Crippen LogP contribution >= 0.6 is 0 Å². The molecule has 1 saturated carbocycles. The van der Waals surface area contributed by atoms with Gasteiger partial charge in [-0.1, -0.05) is 13.8 Å². The van der Waals surface area contributed by atoms with Crippen molar-refractivity contribution in [3.8, 4) is 11.6 Å². The first-order valence-electron chi connectivity index (χ1n) is 6.42. The fraction of sp³-hybridized carbons (Fsp3) is 0.500. The minimum atomic E-state index is 0.262. The number of hydrogen-bond acceptors (Lipinski definition) is 4. The maximum atomic E-state index is 11.0. The predicted molar refractivity (Wildman–Crippen MR) is 70.1 cm³/mol. The van der Waals surface area contributed by atoms with Crippen molar-refractivity contribution in [3.63, 3.8) is 0 Å². The molecule has 19 heavy (non-hydrogen) atoms. The Morgan fingerprint density at radius 2 is 2.05 bits per heavy atom. The summed E-state index contributed by atoms with van der Waals surface area (Å²) >= 11 is 0. The van der Waals surface area contributed by atoms with Crippen LogP contribution in [0.15, 0.2) is 4.42 Å². The van der Waals surface area contributed by atoms with E-state index in [9.17, 15) is 4.79 Å². The number of carbonyl (C=O) groups excluding carboxylic acids is 1. The molecule has 5 heteroatoms. The lowest BCUT2D eigenvalue weighted by atomic mass is 10.1. The van der Waals surface area contributed by atoms with Crippen molar-refractivity contribution < 1.29 is 9.21 Å². The van der Waals surface area contributed by atoms with Crippen LogP contribution in [0.3, 0.4) is 0 Å². The third-order valence-electron chi connectivity index (χ3n) is 4.08. The van der Waals surface area contributed by atoms with Gasteiger partial charge in [0.1, 0.15) is 5.69 Å². The van der Waals surface area contributed by atoms with Crippen molar-refractivity contribution >= 4 is 6.29 Å². The van der Waals surface area contributed by atoms with Crippen LogP contribution in [0.5, 0.6) is 0 Å². The van der Waals surface area contributed by atoms with Crippen LogP contribution in [0, 0.1) is 19.3 Å². The maximum Gasteiger partial charge on any atom is 0.264 e. The number of aromatic nitrogens is 3. The summed E-state index contributed by atoms with van der Waals surface area (Å²) in [4.78, 5) is 14.2. The lowest BCUT2D eigenvalue weighted by Crippen LogP contribution is -1.89. The number of H-pyrrole nitrogens is 1. The molecule has 0 saturated heterocycles. The molecule has 0 spiro atoms. The van der Waals surface area contributed by atoms with Crippen LogP contribution in [-0.4, -0.2) is 21.5 Å². The van der Waals surface area contributed by atoms with Crippen LogP contribution in [0.1, 0.15) is 53.7 Å². The average Bonchev–Trinajstić information content (AvgIpc) is 2.74. The number of carbonyl (C=O) groups is 1. The fourth-order valence-corrected chi connectivity index (χ4v) is 2.52. The van der Waals surface area contributed by atoms with Gasteiger partial charge in [-0.25, -0.2) is 0 Å². The Morgan fingerprint density at radius 3 is 2.58 bits per heavy atom. The summed E-state index contributed by atoms with van der Waals surface area (Å²) < 4.78 is 5.75. The van der Waals surface area contributed by atoms with Gasteiger partial charge in [-0.05, 0) is 31.2 Å². The molecular weight excluding hydrogens is 242 g/mol. The smallest absolute Gasteiger partial charge is 0.264 e. The average molecular weight is 259 g/mol. The Labute approximate surface area is 111 Å². The predicted octanol–water partition coefficient (Wildman–Crippen LogP) is 3.01. The minimum Gasteiger partial charge on any atom is -0.419 e. The van der Waals surface area contributed by atoms with Gasteiger partial charge < -0.3 is 9.40 Å². The number of hydrogen-bond donors (Lipinski definition) is 1. The monoisotopic (exact) mass is 259 g/mol. The molecule has 0 radical (unpaired) electrons. The highest BCUT2D eigenvalue weighted by Crippen LogP contribution is 2.58. The zero-order valence-corrected chi connectivity index (χ0v) is 11.6. The Hall–Kier alpha value is -1.91. The Bertz CT molecular complexity index is 652. The molecule has 0 amide bonds. The van der Waals surface area contributed by atoms with Gasteiger partial charge in [0, 0.05) is 17.2 Å². The van der Waals surface area contributed by atoms with Crippen LogP contribution < -0.4 is 0 Å². The van der Waals surface area contributed by atoms with E-state index in [0.717, 1.165) is 29.7 Å². The summed E-state index contributed by atoms with van der Waals surface area (Å²) in [6.07, 6.45) is 1.93. The van der Waals surface area contributed by atoms with Crippen LogP contribution in [0.4, 0.5) is 0 Å². The largest absolute Gasteiger partial charge is 0.419 e.